The van der Waals surface area contributed by atoms with Gasteiger partial charge in [-0.15, -0.1) is 0 Å². The van der Waals surface area contributed by atoms with Crippen molar-refractivity contribution in [1.82, 2.24) is 0 Å². The van der Waals surface area contributed by atoms with Gasteiger partial charge in [0.15, 0.2) is 0 Å². The van der Waals surface area contributed by atoms with Crippen LogP contribution >= 0.6 is 0 Å². The Morgan fingerprint density at radius 2 is 2.21 bits per heavy atom. The molecule has 0 saturated heterocycles. The molecule has 2 aliphatic carbocycles. The van der Waals surface area contributed by atoms with E-state index >= 15 is 0 Å². The average molecular weight is 192 g/mol. The average Bonchev–Trinajstić information content (AvgIpc) is 2.19. The molecule has 78 valence electrons. The summed E-state index contributed by atoms with van der Waals surface area (Å²) in [6, 6.07) is 0. The molecule has 0 radical (unpaired) electrons. The molecule has 1 heteroatoms. The molecular weight excluding hydrogens is 172 g/mol. The van der Waals surface area contributed by atoms with Crippen LogP contribution < -0.4 is 0 Å². The molecule has 0 amide bonds. The molecule has 2 rings (SSSR count). The first kappa shape index (κ1) is 9.97. The van der Waals surface area contributed by atoms with Crippen LogP contribution in [0.25, 0.3) is 0 Å². The van der Waals surface area contributed by atoms with Crippen molar-refractivity contribution in [3.05, 3.63) is 23.8 Å². The van der Waals surface area contributed by atoms with E-state index in [1.54, 1.807) is 0 Å². The van der Waals surface area contributed by atoms with Crippen LogP contribution in [0.15, 0.2) is 23.8 Å². The third-order valence-corrected chi connectivity index (χ3v) is 3.61. The van der Waals surface area contributed by atoms with Gasteiger partial charge in [0.25, 0.3) is 0 Å². The van der Waals surface area contributed by atoms with Gasteiger partial charge in [-0.2, -0.15) is 0 Å². The zero-order valence-electron chi connectivity index (χ0n) is 9.00. The van der Waals surface area contributed by atoms with Crippen LogP contribution in [0.5, 0.6) is 0 Å². The zero-order valence-corrected chi connectivity index (χ0v) is 9.00. The maximum absolute atomic E-state index is 10.5. The molecule has 0 heterocycles. The highest BCUT2D eigenvalue weighted by molar-refractivity contribution is 5.30. The molecule has 0 bridgehead atoms. The second-order valence-corrected chi connectivity index (χ2v) is 4.60. The van der Waals surface area contributed by atoms with Crippen molar-refractivity contribution >= 4 is 0 Å². The molecule has 0 aromatic rings. The van der Waals surface area contributed by atoms with Gasteiger partial charge in [-0.05, 0) is 56.9 Å². The fourth-order valence-corrected chi connectivity index (χ4v) is 2.99. The normalized spacial score (nSPS) is 38.1. The third-order valence-electron chi connectivity index (χ3n) is 3.61. The predicted molar refractivity (Wildman–Crippen MR) is 59.0 cm³/mol. The monoisotopic (exact) mass is 192 g/mol. The molecule has 2 aliphatic rings. The van der Waals surface area contributed by atoms with Crippen LogP contribution in [0.4, 0.5) is 0 Å². The largest absolute Gasteiger partial charge is 0.381 e. The van der Waals surface area contributed by atoms with E-state index in [0.717, 1.165) is 12.8 Å². The van der Waals surface area contributed by atoms with E-state index in [1.807, 2.05) is 19.1 Å². The van der Waals surface area contributed by atoms with E-state index in [-0.39, 0.29) is 0 Å². The van der Waals surface area contributed by atoms with Crippen LogP contribution in [-0.2, 0) is 0 Å². The van der Waals surface area contributed by atoms with Crippen LogP contribution in [0.2, 0.25) is 0 Å². The van der Waals surface area contributed by atoms with Gasteiger partial charge in [-0.3, -0.25) is 0 Å². The third kappa shape index (κ3) is 1.66. The van der Waals surface area contributed by atoms with Crippen LogP contribution in [0, 0.1) is 5.92 Å². The van der Waals surface area contributed by atoms with E-state index in [9.17, 15) is 5.11 Å². The first-order valence-corrected chi connectivity index (χ1v) is 5.83. The van der Waals surface area contributed by atoms with Gasteiger partial charge >= 0.3 is 0 Å². The molecule has 1 nitrogen and oxygen atoms in total. The molecule has 0 aromatic carbocycles. The lowest BCUT2D eigenvalue weighted by atomic mass is 9.69. The standard InChI is InChI=1S/C13H20O/c1-2-9-13(14)10-5-7-11-6-3-4-8-12(11)13/h2,8-9,11,14H,3-7,10H2,1H3. The Balaban J connectivity index is 2.28. The maximum atomic E-state index is 10.5. The topological polar surface area (TPSA) is 20.2 Å². The summed E-state index contributed by atoms with van der Waals surface area (Å²) in [4.78, 5) is 0. The summed E-state index contributed by atoms with van der Waals surface area (Å²) < 4.78 is 0. The number of fused-ring (bicyclic) bond motifs is 1. The number of hydrogen-bond donors (Lipinski definition) is 1. The zero-order chi connectivity index (χ0) is 10.0. The second kappa shape index (κ2) is 3.90. The molecule has 0 aromatic heterocycles. The highest BCUT2D eigenvalue weighted by Crippen LogP contribution is 2.43. The van der Waals surface area contributed by atoms with Gasteiger partial charge in [-0.1, -0.05) is 18.2 Å². The van der Waals surface area contributed by atoms with Crippen molar-refractivity contribution in [3.8, 4) is 0 Å². The smallest absolute Gasteiger partial charge is 0.104 e. The highest BCUT2D eigenvalue weighted by atomic mass is 16.3. The number of allylic oxidation sites excluding steroid dienone is 2. The van der Waals surface area contributed by atoms with Crippen LogP contribution in [-0.4, -0.2) is 10.7 Å². The van der Waals surface area contributed by atoms with E-state index in [0.29, 0.717) is 5.92 Å². The summed E-state index contributed by atoms with van der Waals surface area (Å²) in [6.07, 6.45) is 13.4. The van der Waals surface area contributed by atoms with Crippen molar-refractivity contribution in [1.29, 1.82) is 0 Å². The van der Waals surface area contributed by atoms with Crippen molar-refractivity contribution < 1.29 is 5.11 Å². The van der Waals surface area contributed by atoms with Gasteiger partial charge in [0, 0.05) is 0 Å². The fraction of sp³-hybridized carbons (Fsp3) is 0.692. The minimum atomic E-state index is -0.599. The maximum Gasteiger partial charge on any atom is 0.104 e. The summed E-state index contributed by atoms with van der Waals surface area (Å²) in [6.45, 7) is 1.99. The lowest BCUT2D eigenvalue weighted by molar-refractivity contribution is 0.0799. The first-order chi connectivity index (χ1) is 6.76. The van der Waals surface area contributed by atoms with Crippen molar-refractivity contribution in [2.75, 3.05) is 0 Å². The molecule has 1 saturated carbocycles. The predicted octanol–water partition coefficient (Wildman–Crippen LogP) is 3.20. The molecular formula is C13H20O. The van der Waals surface area contributed by atoms with Crippen molar-refractivity contribution in [2.24, 2.45) is 5.92 Å². The first-order valence-electron chi connectivity index (χ1n) is 5.83. The van der Waals surface area contributed by atoms with Gasteiger partial charge in [0.2, 0.25) is 0 Å². The number of aliphatic hydroxyl groups is 1. The van der Waals surface area contributed by atoms with E-state index in [2.05, 4.69) is 6.08 Å². The molecule has 0 spiro atoms. The molecule has 0 aliphatic heterocycles. The lowest BCUT2D eigenvalue weighted by Gasteiger charge is -2.40. The minimum Gasteiger partial charge on any atom is -0.381 e. The summed E-state index contributed by atoms with van der Waals surface area (Å²) >= 11 is 0. The lowest BCUT2D eigenvalue weighted by Crippen LogP contribution is -2.37. The summed E-state index contributed by atoms with van der Waals surface area (Å²) in [5.74, 6) is 0.665. The van der Waals surface area contributed by atoms with E-state index < -0.39 is 5.60 Å². The highest BCUT2D eigenvalue weighted by Gasteiger charge is 2.37. The van der Waals surface area contributed by atoms with Crippen LogP contribution in [0.3, 0.4) is 0 Å². The number of hydrogen-bond acceptors (Lipinski definition) is 1. The van der Waals surface area contributed by atoms with Gasteiger partial charge < -0.3 is 5.11 Å². The molecule has 14 heavy (non-hydrogen) atoms. The Hall–Kier alpha value is -0.560. The van der Waals surface area contributed by atoms with Crippen LogP contribution in [0.1, 0.15) is 45.4 Å². The SMILES string of the molecule is CC=CC1(O)CCCC2CCCC=C21. The Labute approximate surface area is 86.5 Å². The van der Waals surface area contributed by atoms with E-state index in [4.69, 9.17) is 0 Å². The summed E-state index contributed by atoms with van der Waals surface area (Å²) in [5, 5.41) is 10.5. The molecule has 2 atom stereocenters. The minimum absolute atomic E-state index is 0.599. The van der Waals surface area contributed by atoms with Crippen molar-refractivity contribution in [3.63, 3.8) is 0 Å². The Morgan fingerprint density at radius 3 is 3.00 bits per heavy atom. The van der Waals surface area contributed by atoms with Gasteiger partial charge in [-0.25, -0.2) is 0 Å². The molecule has 1 N–H and O–H groups in total. The van der Waals surface area contributed by atoms with Gasteiger partial charge in [0.1, 0.15) is 5.60 Å². The Bertz CT molecular complexity index is 264. The van der Waals surface area contributed by atoms with Crippen molar-refractivity contribution in [2.45, 2.75) is 51.0 Å². The Kier molecular flexibility index (Phi) is 2.78. The van der Waals surface area contributed by atoms with E-state index in [1.165, 1.54) is 31.3 Å². The number of rotatable bonds is 1. The molecule has 2 unspecified atom stereocenters. The summed E-state index contributed by atoms with van der Waals surface area (Å²) in [7, 11) is 0. The quantitative estimate of drug-likeness (QED) is 0.632. The Morgan fingerprint density at radius 1 is 1.43 bits per heavy atom. The summed E-state index contributed by atoms with van der Waals surface area (Å²) in [5.41, 5.74) is 0.714. The molecule has 1 fully saturated rings. The van der Waals surface area contributed by atoms with Gasteiger partial charge in [0.05, 0.1) is 0 Å². The second-order valence-electron chi connectivity index (χ2n) is 4.60. The fourth-order valence-electron chi connectivity index (χ4n) is 2.99.